The van der Waals surface area contributed by atoms with Crippen LogP contribution in [0.25, 0.3) is 0 Å². The zero-order chi connectivity index (χ0) is 39.4. The van der Waals surface area contributed by atoms with E-state index in [-0.39, 0.29) is 30.2 Å². The number of esters is 1. The average Bonchev–Trinajstić information content (AvgIpc) is 3.11. The minimum atomic E-state index is -0.711. The van der Waals surface area contributed by atoms with E-state index in [4.69, 9.17) is 16.2 Å². The Morgan fingerprint density at radius 2 is 1.06 bits per heavy atom. The van der Waals surface area contributed by atoms with Crippen LogP contribution in [0.4, 0.5) is 0 Å². The summed E-state index contributed by atoms with van der Waals surface area (Å²) in [4.78, 5) is 40.8. The topological polar surface area (TPSA) is 128 Å². The van der Waals surface area contributed by atoms with E-state index < -0.39 is 11.6 Å². The van der Waals surface area contributed by atoms with Crippen molar-refractivity contribution in [2.75, 3.05) is 26.2 Å². The van der Waals surface area contributed by atoms with Gasteiger partial charge in [0.15, 0.2) is 0 Å². The zero-order valence-electron chi connectivity index (χ0n) is 35.7. The van der Waals surface area contributed by atoms with E-state index >= 15 is 0 Å². The first-order valence-electron chi connectivity index (χ1n) is 22.4. The zero-order valence-corrected chi connectivity index (χ0v) is 35.7. The van der Waals surface area contributed by atoms with Gasteiger partial charge in [-0.25, -0.2) is 0 Å². The molecule has 0 rings (SSSR count). The molecule has 0 aliphatic carbocycles. The molecule has 0 bridgehead atoms. The van der Waals surface area contributed by atoms with Crippen LogP contribution in [0, 0.1) is 5.92 Å². The number of carbonyl (C=O) groups is 3. The number of carbonyl (C=O) groups excluding carboxylic acids is 3. The molecule has 8 heteroatoms. The summed E-state index contributed by atoms with van der Waals surface area (Å²) in [6.45, 7) is 11.7. The van der Waals surface area contributed by atoms with Crippen LogP contribution < -0.4 is 16.8 Å². The molecular weight excluding hydrogens is 661 g/mol. The van der Waals surface area contributed by atoms with Crippen molar-refractivity contribution in [1.29, 1.82) is 0 Å². The van der Waals surface area contributed by atoms with Crippen molar-refractivity contribution in [2.45, 2.75) is 226 Å². The lowest BCUT2D eigenvalue weighted by Crippen LogP contribution is -2.47. The van der Waals surface area contributed by atoms with Crippen LogP contribution in [0.5, 0.6) is 0 Å². The smallest absolute Gasteiger partial charge is 0.309 e. The summed E-state index contributed by atoms with van der Waals surface area (Å²) in [7, 11) is 0. The molecule has 5 N–H and O–H groups in total. The average molecular weight is 749 g/mol. The standard InChI is InChI=1S/C45H88N4O4/c1-6-8-10-12-14-16-18-20-21-23-25-27-29-31-37-49(42(50)39-48-43(51)41(47)35-36-46)38-32-34-40(44(52)53-45(3,4)5)33-30-28-26-24-22-19-17-15-13-11-9-7-2/h22,24,40-41H,6-21,23,25-39,46-47H2,1-5H3,(H,48,51)/b24-22-. The highest BCUT2D eigenvalue weighted by Crippen LogP contribution is 2.22. The molecule has 53 heavy (non-hydrogen) atoms. The van der Waals surface area contributed by atoms with Gasteiger partial charge in [-0.1, -0.05) is 148 Å². The second-order valence-corrected chi connectivity index (χ2v) is 16.6. The summed E-state index contributed by atoms with van der Waals surface area (Å²) >= 11 is 0. The van der Waals surface area contributed by atoms with E-state index in [1.807, 2.05) is 25.7 Å². The second-order valence-electron chi connectivity index (χ2n) is 16.6. The first kappa shape index (κ1) is 51.1. The van der Waals surface area contributed by atoms with Crippen molar-refractivity contribution in [2.24, 2.45) is 17.4 Å². The third-order valence-corrected chi connectivity index (χ3v) is 10.1. The fourth-order valence-electron chi connectivity index (χ4n) is 6.80. The maximum absolute atomic E-state index is 13.3. The van der Waals surface area contributed by atoms with Gasteiger partial charge in [0.05, 0.1) is 18.5 Å². The molecule has 0 aromatic heterocycles. The van der Waals surface area contributed by atoms with Crippen molar-refractivity contribution in [3.05, 3.63) is 12.2 Å². The predicted molar refractivity (Wildman–Crippen MR) is 226 cm³/mol. The maximum atomic E-state index is 13.3. The Labute approximate surface area is 328 Å². The number of rotatable bonds is 37. The molecule has 0 radical (unpaired) electrons. The van der Waals surface area contributed by atoms with Gasteiger partial charge in [0.2, 0.25) is 11.8 Å². The Balaban J connectivity index is 4.87. The Morgan fingerprint density at radius 3 is 1.55 bits per heavy atom. The normalized spacial score (nSPS) is 13.0. The van der Waals surface area contributed by atoms with Gasteiger partial charge >= 0.3 is 5.97 Å². The minimum Gasteiger partial charge on any atom is -0.460 e. The Morgan fingerprint density at radius 1 is 0.623 bits per heavy atom. The van der Waals surface area contributed by atoms with E-state index in [1.165, 1.54) is 116 Å². The van der Waals surface area contributed by atoms with Crippen molar-refractivity contribution in [3.8, 4) is 0 Å². The monoisotopic (exact) mass is 749 g/mol. The van der Waals surface area contributed by atoms with E-state index in [0.717, 1.165) is 44.9 Å². The van der Waals surface area contributed by atoms with Crippen LogP contribution in [0.15, 0.2) is 12.2 Å². The molecule has 2 atom stereocenters. The van der Waals surface area contributed by atoms with Crippen molar-refractivity contribution in [1.82, 2.24) is 10.2 Å². The Hall–Kier alpha value is -1.93. The van der Waals surface area contributed by atoms with Gasteiger partial charge in [-0.3, -0.25) is 14.4 Å². The second kappa shape index (κ2) is 35.8. The SMILES string of the molecule is CCCCCCCC/C=C\CCCCC(CCCN(CCCCCCCCCCCCCCCC)C(=O)CNC(=O)C(N)CCN)C(=O)OC(C)(C)C. The lowest BCUT2D eigenvalue weighted by atomic mass is 9.95. The molecule has 0 saturated heterocycles. The molecule has 0 aliphatic rings. The third kappa shape index (κ3) is 33.2. The number of nitrogens with zero attached hydrogens (tertiary/aromatic N) is 1. The van der Waals surface area contributed by atoms with Crippen LogP contribution in [0.2, 0.25) is 0 Å². The third-order valence-electron chi connectivity index (χ3n) is 10.1. The van der Waals surface area contributed by atoms with Crippen molar-refractivity contribution >= 4 is 17.8 Å². The summed E-state index contributed by atoms with van der Waals surface area (Å²) in [5.74, 6) is -0.771. The van der Waals surface area contributed by atoms with Crippen molar-refractivity contribution < 1.29 is 19.1 Å². The number of nitrogens with one attached hydrogen (secondary N) is 1. The van der Waals surface area contributed by atoms with Gasteiger partial charge in [-0.2, -0.15) is 0 Å². The molecule has 0 aromatic rings. The van der Waals surface area contributed by atoms with Gasteiger partial charge in [-0.05, 0) is 85.1 Å². The molecule has 0 aromatic carbocycles. The molecule has 0 fully saturated rings. The molecule has 312 valence electrons. The van der Waals surface area contributed by atoms with Gasteiger partial charge < -0.3 is 26.4 Å². The van der Waals surface area contributed by atoms with E-state index in [2.05, 4.69) is 31.3 Å². The summed E-state index contributed by atoms with van der Waals surface area (Å²) in [6, 6.07) is -0.711. The highest BCUT2D eigenvalue weighted by atomic mass is 16.6. The number of amides is 2. The lowest BCUT2D eigenvalue weighted by molar-refractivity contribution is -0.160. The van der Waals surface area contributed by atoms with Gasteiger partial charge in [0, 0.05) is 13.1 Å². The molecule has 0 heterocycles. The van der Waals surface area contributed by atoms with Crippen LogP contribution in [-0.2, 0) is 19.1 Å². The number of hydrogen-bond donors (Lipinski definition) is 3. The summed E-state index contributed by atoms with van der Waals surface area (Å²) in [6.07, 6.45) is 37.4. The molecule has 2 amide bonds. The number of unbranched alkanes of at least 4 members (excludes halogenated alkanes) is 21. The van der Waals surface area contributed by atoms with Crippen LogP contribution in [0.3, 0.4) is 0 Å². The molecule has 0 spiro atoms. The summed E-state index contributed by atoms with van der Waals surface area (Å²) in [5, 5.41) is 2.72. The van der Waals surface area contributed by atoms with E-state index in [9.17, 15) is 14.4 Å². The van der Waals surface area contributed by atoms with Crippen LogP contribution in [0.1, 0.15) is 214 Å². The number of allylic oxidation sites excluding steroid dienone is 2. The molecular formula is C45H88N4O4. The number of nitrogens with two attached hydrogens (primary N) is 2. The Kier molecular flexibility index (Phi) is 34.5. The molecule has 0 saturated carbocycles. The molecule has 0 aliphatic heterocycles. The van der Waals surface area contributed by atoms with E-state index in [0.29, 0.717) is 38.9 Å². The number of hydrogen-bond acceptors (Lipinski definition) is 6. The first-order valence-corrected chi connectivity index (χ1v) is 22.4. The lowest BCUT2D eigenvalue weighted by Gasteiger charge is -2.26. The predicted octanol–water partition coefficient (Wildman–Crippen LogP) is 10.7. The van der Waals surface area contributed by atoms with Gasteiger partial charge in [0.1, 0.15) is 5.60 Å². The highest BCUT2D eigenvalue weighted by molar-refractivity contribution is 5.87. The van der Waals surface area contributed by atoms with Crippen molar-refractivity contribution in [3.63, 3.8) is 0 Å². The Bertz CT molecular complexity index is 903. The van der Waals surface area contributed by atoms with Crippen LogP contribution >= 0.6 is 0 Å². The molecule has 8 nitrogen and oxygen atoms in total. The maximum Gasteiger partial charge on any atom is 0.309 e. The van der Waals surface area contributed by atoms with Gasteiger partial charge in [-0.15, -0.1) is 0 Å². The summed E-state index contributed by atoms with van der Waals surface area (Å²) in [5.41, 5.74) is 10.9. The highest BCUT2D eigenvalue weighted by Gasteiger charge is 2.25. The number of ether oxygens (including phenoxy) is 1. The van der Waals surface area contributed by atoms with Crippen LogP contribution in [-0.4, -0.2) is 60.5 Å². The first-order chi connectivity index (χ1) is 25.6. The fraction of sp³-hybridized carbons (Fsp3) is 0.889. The fourth-order valence-corrected chi connectivity index (χ4v) is 6.80. The summed E-state index contributed by atoms with van der Waals surface area (Å²) < 4.78 is 5.82. The quantitative estimate of drug-likeness (QED) is 0.0330. The van der Waals surface area contributed by atoms with Gasteiger partial charge in [0.25, 0.3) is 0 Å². The minimum absolute atomic E-state index is 0.0718. The van der Waals surface area contributed by atoms with E-state index in [1.54, 1.807) is 0 Å². The molecule has 2 unspecified atom stereocenters. The largest absolute Gasteiger partial charge is 0.460 e.